The van der Waals surface area contributed by atoms with Crippen molar-refractivity contribution in [3.05, 3.63) is 144 Å². The lowest BCUT2D eigenvalue weighted by Crippen LogP contribution is -2.70. The SMILES string of the molecule is C=CCO[C@@]12Oc3ccc(Oc4ccc(OC)c(C=O)c4)cc3[C@H]3[C@H](CCCCO)[C@@H](CCCCO)C=C(C(=NOCc4ccccc4)C[C@@H]1N(CCC)C(=O)OCc1ccccc1)[C@H]32. The Kier molecular flexibility index (Phi) is 16.5. The Labute approximate surface area is 382 Å². The lowest BCUT2D eigenvalue weighted by Gasteiger charge is -2.59. The number of methoxy groups -OCH3 is 1. The van der Waals surface area contributed by atoms with E-state index in [-0.39, 0.29) is 57.2 Å². The first-order valence-corrected chi connectivity index (χ1v) is 22.9. The van der Waals surface area contributed by atoms with E-state index in [1.165, 1.54) is 7.11 Å². The molecule has 0 bridgehead atoms. The second-order valence-electron chi connectivity index (χ2n) is 16.9. The number of carbonyl (C=O) groups is 2. The standard InChI is InChI=1S/C53H62N2O10/c1-4-26-55(52(59)61-35-37-16-8-6-9-17-37)49-33-46(54-63-36-38-18-10-7-11-19-38)44-31-39(20-12-14-27-56)43(21-13-15-28-57)50-45-32-42(64-41-22-24-47(60-3)40(30-41)34-58)23-25-48(45)65-53(49,51(44)50)62-29-5-2/h5-11,16-19,22-25,30-32,34,39,43,49-51,56-57H,2,4,12-15,20-21,26-29,33,35-36H2,1,3H3/t39-,43+,49-,50+,51+,53+/m0/s1. The van der Waals surface area contributed by atoms with Crippen molar-refractivity contribution in [1.29, 1.82) is 0 Å². The van der Waals surface area contributed by atoms with E-state index in [9.17, 15) is 19.8 Å². The van der Waals surface area contributed by atoms with Crippen LogP contribution < -0.4 is 14.2 Å². The van der Waals surface area contributed by atoms with Crippen LogP contribution in [-0.2, 0) is 27.5 Å². The van der Waals surface area contributed by atoms with Crippen LogP contribution in [0.3, 0.4) is 0 Å². The Morgan fingerprint density at radius 3 is 2.28 bits per heavy atom. The molecule has 0 radical (unpaired) electrons. The van der Waals surface area contributed by atoms with Gasteiger partial charge in [-0.1, -0.05) is 97.7 Å². The number of hydrogen-bond donors (Lipinski definition) is 2. The maximum atomic E-state index is 14.6. The smallest absolute Gasteiger partial charge is 0.410 e. The van der Waals surface area contributed by atoms with E-state index in [1.54, 1.807) is 29.2 Å². The molecule has 0 unspecified atom stereocenters. The molecule has 12 heteroatoms. The topological polar surface area (TPSA) is 146 Å². The molecular weight excluding hydrogens is 825 g/mol. The van der Waals surface area contributed by atoms with Crippen molar-refractivity contribution in [2.45, 2.75) is 89.3 Å². The summed E-state index contributed by atoms with van der Waals surface area (Å²) in [5, 5.41) is 24.9. The monoisotopic (exact) mass is 886 g/mol. The van der Waals surface area contributed by atoms with Crippen molar-refractivity contribution < 1.29 is 48.3 Å². The van der Waals surface area contributed by atoms with E-state index >= 15 is 0 Å². The Hall–Kier alpha value is -5.95. The third kappa shape index (κ3) is 10.8. The van der Waals surface area contributed by atoms with Crippen LogP contribution in [0.2, 0.25) is 0 Å². The zero-order valence-electron chi connectivity index (χ0n) is 37.5. The van der Waals surface area contributed by atoms with Gasteiger partial charge in [0.15, 0.2) is 6.29 Å². The van der Waals surface area contributed by atoms with E-state index in [2.05, 4.69) is 12.7 Å². The van der Waals surface area contributed by atoms with Gasteiger partial charge < -0.3 is 38.7 Å². The molecule has 0 saturated heterocycles. The van der Waals surface area contributed by atoms with Crippen LogP contribution in [-0.4, -0.2) is 78.5 Å². The average Bonchev–Trinajstić information content (AvgIpc) is 3.34. The molecule has 7 rings (SSSR count). The summed E-state index contributed by atoms with van der Waals surface area (Å²) in [5.74, 6) is -0.133. The summed E-state index contributed by atoms with van der Waals surface area (Å²) in [6.45, 7) is 7.04. The van der Waals surface area contributed by atoms with Crippen molar-refractivity contribution >= 4 is 18.1 Å². The third-order valence-electron chi connectivity index (χ3n) is 12.7. The van der Waals surface area contributed by atoms with Crippen LogP contribution in [0.25, 0.3) is 0 Å². The van der Waals surface area contributed by atoms with Crippen LogP contribution in [0.1, 0.15) is 91.3 Å². The molecule has 3 aliphatic rings. The summed E-state index contributed by atoms with van der Waals surface area (Å²) in [6, 6.07) is 29.6. The lowest BCUT2D eigenvalue weighted by atomic mass is 9.55. The summed E-state index contributed by atoms with van der Waals surface area (Å²) >= 11 is 0. The zero-order chi connectivity index (χ0) is 45.6. The molecule has 1 heterocycles. The molecule has 344 valence electrons. The van der Waals surface area contributed by atoms with Crippen LogP contribution in [0.15, 0.2) is 127 Å². The van der Waals surface area contributed by atoms with Gasteiger partial charge in [-0.2, -0.15) is 0 Å². The second-order valence-corrected chi connectivity index (χ2v) is 16.9. The molecule has 65 heavy (non-hydrogen) atoms. The maximum absolute atomic E-state index is 14.6. The number of aliphatic hydroxyl groups is 2. The van der Waals surface area contributed by atoms with Gasteiger partial charge in [0.05, 0.1) is 30.9 Å². The molecule has 1 aliphatic heterocycles. The summed E-state index contributed by atoms with van der Waals surface area (Å²) in [4.78, 5) is 34.6. The second kappa shape index (κ2) is 22.8. The number of aliphatic hydroxyl groups excluding tert-OH is 2. The highest BCUT2D eigenvalue weighted by Crippen LogP contribution is 2.62. The predicted octanol–water partition coefficient (Wildman–Crippen LogP) is 10.2. The first-order chi connectivity index (χ1) is 31.9. The largest absolute Gasteiger partial charge is 0.496 e. The fourth-order valence-electron chi connectivity index (χ4n) is 9.89. The fraction of sp³-hybridized carbons (Fsp3) is 0.415. The summed E-state index contributed by atoms with van der Waals surface area (Å²) in [5.41, 5.74) is 4.71. The van der Waals surface area contributed by atoms with Gasteiger partial charge in [-0.25, -0.2) is 4.79 Å². The van der Waals surface area contributed by atoms with Crippen LogP contribution in [0.4, 0.5) is 4.79 Å². The van der Waals surface area contributed by atoms with Gasteiger partial charge in [0, 0.05) is 37.7 Å². The first-order valence-electron chi connectivity index (χ1n) is 22.9. The molecule has 1 amide bonds. The first kappa shape index (κ1) is 47.0. The Balaban J connectivity index is 1.41. The summed E-state index contributed by atoms with van der Waals surface area (Å²) in [6.07, 6.45) is 9.58. The minimum absolute atomic E-state index is 0.0103. The quantitative estimate of drug-likeness (QED) is 0.0319. The number of allylic oxidation sites excluding steroid dienone is 1. The van der Waals surface area contributed by atoms with E-state index in [0.29, 0.717) is 60.1 Å². The summed E-state index contributed by atoms with van der Waals surface area (Å²) < 4.78 is 32.4. The Bertz CT molecular complexity index is 2270. The highest BCUT2D eigenvalue weighted by Gasteiger charge is 2.65. The molecule has 4 aromatic carbocycles. The molecule has 0 aromatic heterocycles. The third-order valence-corrected chi connectivity index (χ3v) is 12.7. The molecule has 0 spiro atoms. The molecule has 6 atom stereocenters. The van der Waals surface area contributed by atoms with E-state index in [4.69, 9.17) is 33.7 Å². The molecule has 4 aromatic rings. The van der Waals surface area contributed by atoms with Gasteiger partial charge in [-0.05, 0) is 97.0 Å². The number of rotatable bonds is 23. The molecular formula is C53H62N2O10. The number of nitrogens with zero attached hydrogens (tertiary/aromatic N) is 2. The van der Waals surface area contributed by atoms with Crippen LogP contribution in [0, 0.1) is 17.8 Å². The maximum Gasteiger partial charge on any atom is 0.410 e. The van der Waals surface area contributed by atoms with Crippen molar-refractivity contribution in [3.8, 4) is 23.0 Å². The van der Waals surface area contributed by atoms with Gasteiger partial charge in [0.25, 0.3) is 0 Å². The van der Waals surface area contributed by atoms with Crippen LogP contribution in [0.5, 0.6) is 23.0 Å². The molecule has 2 N–H and O–H groups in total. The Morgan fingerprint density at radius 1 is 0.908 bits per heavy atom. The summed E-state index contributed by atoms with van der Waals surface area (Å²) in [7, 11) is 1.52. The van der Waals surface area contributed by atoms with Crippen molar-refractivity contribution in [1.82, 2.24) is 4.90 Å². The number of unbranched alkanes of at least 4 members (excludes halogenated alkanes) is 2. The number of amides is 1. The lowest BCUT2D eigenvalue weighted by molar-refractivity contribution is -0.255. The molecule has 12 nitrogen and oxygen atoms in total. The zero-order valence-corrected chi connectivity index (χ0v) is 37.5. The number of carbonyl (C=O) groups excluding carboxylic acids is 2. The van der Waals surface area contributed by atoms with E-state index < -0.39 is 23.8 Å². The predicted molar refractivity (Wildman–Crippen MR) is 248 cm³/mol. The van der Waals surface area contributed by atoms with E-state index in [0.717, 1.165) is 54.2 Å². The molecule has 2 aliphatic carbocycles. The Morgan fingerprint density at radius 2 is 1.60 bits per heavy atom. The number of benzene rings is 4. The number of oxime groups is 1. The normalized spacial score (nSPS) is 22.4. The van der Waals surface area contributed by atoms with Crippen molar-refractivity contribution in [3.63, 3.8) is 0 Å². The molecule has 1 saturated carbocycles. The molecule has 1 fully saturated rings. The van der Waals surface area contributed by atoms with Gasteiger partial charge >= 0.3 is 6.09 Å². The number of hydrogen-bond acceptors (Lipinski definition) is 11. The van der Waals surface area contributed by atoms with Gasteiger partial charge in [-0.15, -0.1) is 6.58 Å². The van der Waals surface area contributed by atoms with Gasteiger partial charge in [-0.3, -0.25) is 9.69 Å². The fourth-order valence-corrected chi connectivity index (χ4v) is 9.89. The van der Waals surface area contributed by atoms with Crippen molar-refractivity contribution in [2.24, 2.45) is 22.9 Å². The highest BCUT2D eigenvalue weighted by molar-refractivity contribution is 6.03. The highest BCUT2D eigenvalue weighted by atomic mass is 16.7. The number of aldehydes is 1. The van der Waals surface area contributed by atoms with Gasteiger partial charge in [0.2, 0.25) is 5.79 Å². The number of ether oxygens (including phenoxy) is 5. The minimum Gasteiger partial charge on any atom is -0.496 e. The van der Waals surface area contributed by atoms with E-state index in [1.807, 2.05) is 85.8 Å². The number of fused-ring (bicyclic) bond motifs is 2. The van der Waals surface area contributed by atoms with Crippen molar-refractivity contribution in [2.75, 3.05) is 33.5 Å². The minimum atomic E-state index is -1.44. The van der Waals surface area contributed by atoms with Crippen LogP contribution >= 0.6 is 0 Å². The average molecular weight is 887 g/mol. The van der Waals surface area contributed by atoms with Gasteiger partial charge in [0.1, 0.15) is 42.3 Å².